The van der Waals surface area contributed by atoms with Gasteiger partial charge >= 0.3 is 5.97 Å². The van der Waals surface area contributed by atoms with E-state index in [0.717, 1.165) is 0 Å². The molecule has 0 rings (SSSR count). The normalized spacial score (nSPS) is 12.5. The molecule has 0 aliphatic heterocycles. The summed E-state index contributed by atoms with van der Waals surface area (Å²) in [7, 11) is 0. The minimum Gasteiger partial charge on any atom is -0.481 e. The number of carbonyl (C=O) groups excluding carboxylic acids is 12. The molecule has 0 saturated heterocycles. The summed E-state index contributed by atoms with van der Waals surface area (Å²) in [4.78, 5) is 157. The average Bonchev–Trinajstić information content (AvgIpc) is 3.18. The molecule has 0 heterocycles. The van der Waals surface area contributed by atoms with Crippen LogP contribution in [0.3, 0.4) is 0 Å². The number of nitrogens with one attached hydrogen (secondary N) is 11. The second-order valence-electron chi connectivity index (χ2n) is 14.6. The largest absolute Gasteiger partial charge is 0.481 e. The molecule has 0 aliphatic carbocycles. The second-order valence-corrected chi connectivity index (χ2v) is 14.6. The molecule has 0 fully saturated rings. The predicted molar refractivity (Wildman–Crippen MR) is 215 cm³/mol. The Kier molecular flexibility index (Phi) is 26.1. The summed E-state index contributed by atoms with van der Waals surface area (Å²) in [5, 5.41) is 34.2. The first kappa shape index (κ1) is 55.1. The van der Waals surface area contributed by atoms with E-state index in [4.69, 9.17) is 10.8 Å². The summed E-state index contributed by atoms with van der Waals surface area (Å²) in [6.07, 6.45) is -0.430. The zero-order chi connectivity index (χ0) is 47.5. The molecule has 0 spiro atoms. The zero-order valence-electron chi connectivity index (χ0n) is 35.6. The molecule has 0 saturated carbocycles. The Hall–Kier alpha value is -6.89. The highest BCUT2D eigenvalue weighted by Gasteiger charge is 2.27. The number of carbonyl (C=O) groups is 13. The maximum Gasteiger partial charge on any atom is 0.303 e. The van der Waals surface area contributed by atoms with Crippen molar-refractivity contribution in [1.82, 2.24) is 58.5 Å². The van der Waals surface area contributed by atoms with E-state index in [1.165, 1.54) is 13.8 Å². The van der Waals surface area contributed by atoms with Crippen molar-refractivity contribution >= 4 is 76.9 Å². The lowest BCUT2D eigenvalue weighted by molar-refractivity contribution is -0.138. The van der Waals surface area contributed by atoms with Gasteiger partial charge in [-0.2, -0.15) is 0 Å². The third-order valence-corrected chi connectivity index (χ3v) is 7.92. The molecule has 348 valence electrons. The van der Waals surface area contributed by atoms with Crippen LogP contribution >= 0.6 is 0 Å². The van der Waals surface area contributed by atoms with Crippen LogP contribution in [0.4, 0.5) is 0 Å². The van der Waals surface area contributed by atoms with Crippen molar-refractivity contribution < 1.29 is 67.4 Å². The van der Waals surface area contributed by atoms with Crippen LogP contribution < -0.4 is 64.2 Å². The number of hydrogen-bond donors (Lipinski definition) is 13. The van der Waals surface area contributed by atoms with Gasteiger partial charge in [-0.3, -0.25) is 62.3 Å². The van der Waals surface area contributed by atoms with Gasteiger partial charge in [-0.05, 0) is 38.0 Å². The fraction of sp³-hybridized carbons (Fsp3) is 0.639. The van der Waals surface area contributed by atoms with E-state index in [2.05, 4.69) is 58.5 Å². The summed E-state index contributed by atoms with van der Waals surface area (Å²) in [5.41, 5.74) is 5.26. The van der Waals surface area contributed by atoms with Crippen molar-refractivity contribution in [1.29, 1.82) is 0 Å². The molecule has 4 atom stereocenters. The Morgan fingerprint density at radius 1 is 0.435 bits per heavy atom. The number of hydrogen-bond acceptors (Lipinski definition) is 13. The molecule has 0 unspecified atom stereocenters. The molecular weight excluding hydrogens is 824 g/mol. The second kappa shape index (κ2) is 29.4. The molecule has 0 radical (unpaired) electrons. The number of rotatable bonds is 29. The summed E-state index contributed by atoms with van der Waals surface area (Å²) in [6, 6.07) is -4.75. The number of amides is 12. The molecule has 0 aromatic heterocycles. The smallest absolute Gasteiger partial charge is 0.303 e. The number of primary amides is 1. The number of carboxylic acids is 1. The minimum absolute atomic E-state index is 0.0852. The number of carboxylic acid groups (broad SMARTS) is 1. The van der Waals surface area contributed by atoms with Gasteiger partial charge in [-0.15, -0.1) is 0 Å². The third-order valence-electron chi connectivity index (χ3n) is 7.92. The maximum atomic E-state index is 12.8. The van der Waals surface area contributed by atoms with E-state index >= 15 is 0 Å². The van der Waals surface area contributed by atoms with Crippen LogP contribution in [0.5, 0.6) is 0 Å². The van der Waals surface area contributed by atoms with Crippen molar-refractivity contribution in [2.75, 3.05) is 45.8 Å². The van der Waals surface area contributed by atoms with Gasteiger partial charge in [0.05, 0.1) is 45.8 Å². The Balaban J connectivity index is 4.75. The molecule has 62 heavy (non-hydrogen) atoms. The Morgan fingerprint density at radius 3 is 1.18 bits per heavy atom. The van der Waals surface area contributed by atoms with Gasteiger partial charge in [0.15, 0.2) is 0 Å². The highest BCUT2D eigenvalue weighted by Crippen LogP contribution is 2.07. The molecule has 0 aromatic rings. The van der Waals surface area contributed by atoms with Gasteiger partial charge in [0, 0.05) is 13.3 Å². The first-order chi connectivity index (χ1) is 28.9. The summed E-state index contributed by atoms with van der Waals surface area (Å²) in [5.74, 6) is -10.4. The van der Waals surface area contributed by atoms with Crippen molar-refractivity contribution in [3.63, 3.8) is 0 Å². The topological polar surface area (TPSA) is 400 Å². The van der Waals surface area contributed by atoms with Gasteiger partial charge in [-0.1, -0.05) is 27.7 Å². The van der Waals surface area contributed by atoms with E-state index in [1.54, 1.807) is 27.7 Å². The Bertz CT molecular complexity index is 1660. The summed E-state index contributed by atoms with van der Waals surface area (Å²) in [6.45, 7) is 5.80. The zero-order valence-corrected chi connectivity index (χ0v) is 35.6. The van der Waals surface area contributed by atoms with Crippen LogP contribution in [0.1, 0.15) is 67.2 Å². The Morgan fingerprint density at radius 2 is 0.790 bits per heavy atom. The lowest BCUT2D eigenvalue weighted by Gasteiger charge is -2.23. The van der Waals surface area contributed by atoms with Crippen LogP contribution in [0.25, 0.3) is 0 Å². The van der Waals surface area contributed by atoms with Gasteiger partial charge < -0.3 is 69.3 Å². The molecule has 26 nitrogen and oxygen atoms in total. The number of nitrogens with two attached hydrogens (primary N) is 1. The molecule has 14 N–H and O–H groups in total. The first-order valence-electron chi connectivity index (χ1n) is 19.5. The van der Waals surface area contributed by atoms with Gasteiger partial charge in [0.2, 0.25) is 70.9 Å². The van der Waals surface area contributed by atoms with Crippen LogP contribution in [0.15, 0.2) is 0 Å². The standard InChI is InChI=1S/C36H60N12O14/c1-18(2)9-23(46-30(55)16-41-26(51)12-39-25(50)11-38-21(6)49)35(61)44-14-28(53)40-15-29(54)45-20(5)34(60)43-13-27(52)42-17-31(56)47-24(10-19(3)4)36(62)48-22(33(37)59)7-8-32(57)58/h18-20,22-24H,7-17H2,1-6H3,(H2,37,59)(H,38,49)(H,39,50)(H,40,53)(H,41,51)(H,42,52)(H,43,60)(H,44,61)(H,45,54)(H,46,55)(H,47,56)(H,48,62)(H,57,58)/t20-,22-,23-,24-/m0/s1. The average molecular weight is 885 g/mol. The highest BCUT2D eigenvalue weighted by atomic mass is 16.4. The van der Waals surface area contributed by atoms with Gasteiger partial charge in [0.25, 0.3) is 0 Å². The van der Waals surface area contributed by atoms with E-state index in [-0.39, 0.29) is 37.6 Å². The monoisotopic (exact) mass is 884 g/mol. The van der Waals surface area contributed by atoms with Crippen LogP contribution in [0.2, 0.25) is 0 Å². The van der Waals surface area contributed by atoms with E-state index in [1.807, 2.05) is 0 Å². The molecule has 0 aliphatic rings. The lowest BCUT2D eigenvalue weighted by Crippen LogP contribution is -2.55. The quantitative estimate of drug-likeness (QED) is 0.0332. The van der Waals surface area contributed by atoms with Crippen molar-refractivity contribution in [2.45, 2.75) is 91.4 Å². The van der Waals surface area contributed by atoms with E-state index in [9.17, 15) is 62.3 Å². The van der Waals surface area contributed by atoms with Crippen LogP contribution in [0, 0.1) is 11.8 Å². The predicted octanol–water partition coefficient (Wildman–Crippen LogP) is -6.78. The maximum absolute atomic E-state index is 12.8. The molecule has 0 bridgehead atoms. The molecule has 0 aromatic carbocycles. The summed E-state index contributed by atoms with van der Waals surface area (Å²) >= 11 is 0. The van der Waals surface area contributed by atoms with Crippen LogP contribution in [-0.2, 0) is 62.3 Å². The fourth-order valence-electron chi connectivity index (χ4n) is 4.86. The van der Waals surface area contributed by atoms with Crippen molar-refractivity contribution in [3.8, 4) is 0 Å². The number of aliphatic carboxylic acids is 1. The highest BCUT2D eigenvalue weighted by molar-refractivity contribution is 5.96. The Labute approximate surface area is 357 Å². The van der Waals surface area contributed by atoms with E-state index < -0.39 is 147 Å². The van der Waals surface area contributed by atoms with Crippen molar-refractivity contribution in [2.24, 2.45) is 17.6 Å². The molecular formula is C36H60N12O14. The minimum atomic E-state index is -1.30. The first-order valence-corrected chi connectivity index (χ1v) is 19.5. The van der Waals surface area contributed by atoms with Gasteiger partial charge in [0.1, 0.15) is 24.2 Å². The lowest BCUT2D eigenvalue weighted by atomic mass is 10.0. The summed E-state index contributed by atoms with van der Waals surface area (Å²) < 4.78 is 0. The SMILES string of the molecule is CC(=O)NCC(=O)NCC(=O)NCC(=O)N[C@@H](CC(C)C)C(=O)NCC(=O)NCC(=O)N[C@@H](C)C(=O)NCC(=O)NCC(=O)N[C@@H](CC(C)C)C(=O)N[C@@H](CCC(=O)O)C(N)=O. The molecule has 12 amide bonds. The van der Waals surface area contributed by atoms with Crippen LogP contribution in [-0.4, -0.2) is 152 Å². The third kappa shape index (κ3) is 27.0. The van der Waals surface area contributed by atoms with E-state index in [0.29, 0.717) is 0 Å². The van der Waals surface area contributed by atoms with Crippen molar-refractivity contribution in [3.05, 3.63) is 0 Å². The van der Waals surface area contributed by atoms with Gasteiger partial charge in [-0.25, -0.2) is 0 Å². The fourth-order valence-corrected chi connectivity index (χ4v) is 4.86. The molecule has 26 heteroatoms.